The smallest absolute Gasteiger partial charge is 0.121 e. The minimum Gasteiger partial charge on any atom is -0.760 e. The SMILES string of the molecule is COc1ccc2c(-c3ccc(CNS(=O)[O-])nc3)ccnc2c1. The van der Waals surface area contributed by atoms with E-state index in [1.54, 1.807) is 25.6 Å². The maximum Gasteiger partial charge on any atom is 0.121 e. The number of pyridine rings is 2. The van der Waals surface area contributed by atoms with Gasteiger partial charge < -0.3 is 9.29 Å². The number of hydrogen-bond donors (Lipinski definition) is 1. The Labute approximate surface area is 136 Å². The fraction of sp³-hybridized carbons (Fsp3) is 0.125. The summed E-state index contributed by atoms with van der Waals surface area (Å²) >= 11 is -2.29. The summed E-state index contributed by atoms with van der Waals surface area (Å²) in [6.07, 6.45) is 3.47. The second kappa shape index (κ2) is 6.82. The van der Waals surface area contributed by atoms with Crippen LogP contribution < -0.4 is 9.46 Å². The van der Waals surface area contributed by atoms with E-state index in [2.05, 4.69) is 14.7 Å². The minimum atomic E-state index is -2.29. The van der Waals surface area contributed by atoms with Gasteiger partial charge in [-0.05, 0) is 29.8 Å². The number of aromatic nitrogens is 2. The molecule has 0 aliphatic heterocycles. The molecule has 0 spiro atoms. The van der Waals surface area contributed by atoms with Gasteiger partial charge in [-0.3, -0.25) is 14.2 Å². The van der Waals surface area contributed by atoms with E-state index in [4.69, 9.17) is 4.74 Å². The fourth-order valence-electron chi connectivity index (χ4n) is 2.33. The topological polar surface area (TPSA) is 87.2 Å². The van der Waals surface area contributed by atoms with Gasteiger partial charge in [-0.2, -0.15) is 0 Å². The maximum atomic E-state index is 10.5. The molecule has 0 saturated heterocycles. The molecule has 23 heavy (non-hydrogen) atoms. The third-order valence-corrected chi connectivity index (χ3v) is 3.84. The van der Waals surface area contributed by atoms with E-state index in [0.717, 1.165) is 27.8 Å². The molecule has 0 aliphatic carbocycles. The highest BCUT2D eigenvalue weighted by atomic mass is 32.2. The average molecular weight is 328 g/mol. The van der Waals surface area contributed by atoms with Crippen LogP contribution >= 0.6 is 0 Å². The van der Waals surface area contributed by atoms with Gasteiger partial charge in [0, 0.05) is 47.2 Å². The first-order chi connectivity index (χ1) is 11.2. The number of nitrogens with zero attached hydrogens (tertiary/aromatic N) is 2. The average Bonchev–Trinajstić information content (AvgIpc) is 2.59. The molecule has 0 fully saturated rings. The third-order valence-electron chi connectivity index (χ3n) is 3.46. The maximum absolute atomic E-state index is 10.5. The van der Waals surface area contributed by atoms with E-state index < -0.39 is 11.3 Å². The molecule has 6 nitrogen and oxygen atoms in total. The lowest BCUT2D eigenvalue weighted by Crippen LogP contribution is -2.16. The summed E-state index contributed by atoms with van der Waals surface area (Å²) in [6.45, 7) is 0.171. The van der Waals surface area contributed by atoms with Gasteiger partial charge in [0.1, 0.15) is 5.75 Å². The standard InChI is InChI=1S/C16H15N3O3S/c1-22-13-4-5-15-14(6-7-17-16(15)8-13)11-2-3-12(18-9-11)10-19-23(20)21/h2-9,19H,10H2,1H3,(H,20,21)/p-1. The lowest BCUT2D eigenvalue weighted by molar-refractivity contribution is 0.415. The normalized spacial score (nSPS) is 12.3. The van der Waals surface area contributed by atoms with Gasteiger partial charge >= 0.3 is 0 Å². The molecular weight excluding hydrogens is 314 g/mol. The predicted molar refractivity (Wildman–Crippen MR) is 87.3 cm³/mol. The molecule has 7 heteroatoms. The molecule has 0 radical (unpaired) electrons. The van der Waals surface area contributed by atoms with Crippen LogP contribution in [0, 0.1) is 0 Å². The zero-order valence-corrected chi connectivity index (χ0v) is 13.2. The van der Waals surface area contributed by atoms with Crippen LogP contribution in [-0.4, -0.2) is 25.8 Å². The molecule has 2 aromatic heterocycles. The van der Waals surface area contributed by atoms with Crippen molar-refractivity contribution < 1.29 is 13.5 Å². The molecule has 2 heterocycles. The Morgan fingerprint density at radius 3 is 2.78 bits per heavy atom. The molecule has 118 valence electrons. The van der Waals surface area contributed by atoms with Crippen LogP contribution in [0.25, 0.3) is 22.0 Å². The summed E-state index contributed by atoms with van der Waals surface area (Å²) < 4.78 is 28.5. The van der Waals surface area contributed by atoms with Gasteiger partial charge in [0.15, 0.2) is 0 Å². The van der Waals surface area contributed by atoms with Gasteiger partial charge in [-0.25, -0.2) is 4.72 Å². The first kappa shape index (κ1) is 15.5. The molecule has 1 unspecified atom stereocenters. The van der Waals surface area contributed by atoms with Crippen molar-refractivity contribution in [1.29, 1.82) is 0 Å². The molecular formula is C16H14N3O3S-. The number of ether oxygens (including phenoxy) is 1. The van der Waals surface area contributed by atoms with E-state index >= 15 is 0 Å². The van der Waals surface area contributed by atoms with Crippen LogP contribution in [0.5, 0.6) is 5.75 Å². The number of benzene rings is 1. The van der Waals surface area contributed by atoms with Crippen molar-refractivity contribution in [3.8, 4) is 16.9 Å². The van der Waals surface area contributed by atoms with Crippen molar-refractivity contribution in [2.24, 2.45) is 0 Å². The summed E-state index contributed by atoms with van der Waals surface area (Å²) in [5.41, 5.74) is 3.44. The molecule has 1 atom stereocenters. The first-order valence-corrected chi connectivity index (χ1v) is 7.95. The highest BCUT2D eigenvalue weighted by Gasteiger charge is 2.06. The number of rotatable bonds is 5. The van der Waals surface area contributed by atoms with Crippen molar-refractivity contribution in [3.05, 3.63) is 54.5 Å². The quantitative estimate of drug-likeness (QED) is 0.725. The second-order valence-corrected chi connectivity index (χ2v) is 5.59. The Kier molecular flexibility index (Phi) is 4.61. The van der Waals surface area contributed by atoms with Crippen LogP contribution in [0.1, 0.15) is 5.69 Å². The Balaban J connectivity index is 1.95. The molecule has 1 N–H and O–H groups in total. The highest BCUT2D eigenvalue weighted by molar-refractivity contribution is 7.77. The summed E-state index contributed by atoms with van der Waals surface area (Å²) in [4.78, 5) is 8.65. The number of hydrogen-bond acceptors (Lipinski definition) is 5. The van der Waals surface area contributed by atoms with Crippen molar-refractivity contribution in [3.63, 3.8) is 0 Å². The third kappa shape index (κ3) is 3.53. The molecule has 0 aliphatic rings. The monoisotopic (exact) mass is 328 g/mol. The van der Waals surface area contributed by atoms with E-state index in [1.807, 2.05) is 30.3 Å². The van der Waals surface area contributed by atoms with Crippen LogP contribution in [0.15, 0.2) is 48.8 Å². The number of fused-ring (bicyclic) bond motifs is 1. The highest BCUT2D eigenvalue weighted by Crippen LogP contribution is 2.29. The lowest BCUT2D eigenvalue weighted by atomic mass is 10.0. The Hall–Kier alpha value is -2.35. The summed E-state index contributed by atoms with van der Waals surface area (Å²) in [5, 5.41) is 1.00. The molecule has 1 aromatic carbocycles. The van der Waals surface area contributed by atoms with Crippen LogP contribution in [0.4, 0.5) is 0 Å². The summed E-state index contributed by atoms with van der Waals surface area (Å²) in [7, 11) is 1.62. The van der Waals surface area contributed by atoms with E-state index in [1.165, 1.54) is 0 Å². The predicted octanol–water partition coefficient (Wildman–Crippen LogP) is 2.19. The number of methoxy groups -OCH3 is 1. The van der Waals surface area contributed by atoms with Gasteiger partial charge in [0.2, 0.25) is 0 Å². The van der Waals surface area contributed by atoms with Gasteiger partial charge in [0.05, 0.1) is 18.3 Å². The van der Waals surface area contributed by atoms with Gasteiger partial charge in [-0.15, -0.1) is 0 Å². The van der Waals surface area contributed by atoms with Crippen LogP contribution in [-0.2, 0) is 17.8 Å². The second-order valence-electron chi connectivity index (χ2n) is 4.84. The summed E-state index contributed by atoms with van der Waals surface area (Å²) in [5.74, 6) is 0.757. The Morgan fingerprint density at radius 2 is 2.09 bits per heavy atom. The van der Waals surface area contributed by atoms with Crippen LogP contribution in [0.3, 0.4) is 0 Å². The Morgan fingerprint density at radius 1 is 1.22 bits per heavy atom. The largest absolute Gasteiger partial charge is 0.760 e. The van der Waals surface area contributed by atoms with Crippen molar-refractivity contribution in [2.45, 2.75) is 6.54 Å². The zero-order chi connectivity index (χ0) is 16.2. The molecule has 3 rings (SSSR count). The fourth-order valence-corrected chi connectivity index (χ4v) is 2.59. The number of nitrogens with one attached hydrogen (secondary N) is 1. The van der Waals surface area contributed by atoms with Crippen molar-refractivity contribution in [2.75, 3.05) is 7.11 Å². The molecule has 0 saturated carbocycles. The minimum absolute atomic E-state index is 0.171. The van der Waals surface area contributed by atoms with Crippen molar-refractivity contribution >= 4 is 22.2 Å². The summed E-state index contributed by atoms with van der Waals surface area (Å²) in [6, 6.07) is 11.4. The molecule has 0 amide bonds. The van der Waals surface area contributed by atoms with E-state index in [-0.39, 0.29) is 6.54 Å². The van der Waals surface area contributed by atoms with E-state index in [9.17, 15) is 8.76 Å². The first-order valence-electron chi connectivity index (χ1n) is 6.88. The van der Waals surface area contributed by atoms with Crippen LogP contribution in [0.2, 0.25) is 0 Å². The zero-order valence-electron chi connectivity index (χ0n) is 12.4. The van der Waals surface area contributed by atoms with E-state index in [0.29, 0.717) is 5.69 Å². The van der Waals surface area contributed by atoms with Gasteiger partial charge in [0.25, 0.3) is 0 Å². The van der Waals surface area contributed by atoms with Gasteiger partial charge in [-0.1, -0.05) is 6.07 Å². The molecule has 3 aromatic rings. The molecule has 0 bridgehead atoms. The van der Waals surface area contributed by atoms with Crippen molar-refractivity contribution in [1.82, 2.24) is 14.7 Å². The Bertz CT molecular complexity index is 853. The lowest BCUT2D eigenvalue weighted by Gasteiger charge is -2.09.